The number of anilines is 1. The zero-order chi connectivity index (χ0) is 37.6. The number of halogens is 5. The molecule has 1 N–H and O–H groups in total. The highest BCUT2D eigenvalue weighted by Crippen LogP contribution is 2.39. The maximum Gasteiger partial charge on any atom is 0.175 e. The molecule has 6 aromatic rings. The van der Waals surface area contributed by atoms with Gasteiger partial charge >= 0.3 is 0 Å². The van der Waals surface area contributed by atoms with E-state index in [-0.39, 0.29) is 23.4 Å². The molecule has 2 aliphatic heterocycles. The molecule has 264 valence electrons. The molecule has 6 heterocycles. The highest BCUT2D eigenvalue weighted by Gasteiger charge is 2.36. The fraction of sp³-hybridized carbons (Fsp3) is 0.222. The van der Waals surface area contributed by atoms with Gasteiger partial charge in [0.15, 0.2) is 11.3 Å². The Kier molecular flexibility index (Phi) is 10.8. The van der Waals surface area contributed by atoms with Crippen LogP contribution in [0.3, 0.4) is 0 Å². The van der Waals surface area contributed by atoms with Crippen molar-refractivity contribution < 1.29 is 17.6 Å². The molecule has 0 unspecified atom stereocenters. The third-order valence-corrected chi connectivity index (χ3v) is 8.88. The normalized spacial score (nSPS) is 18.9. The second-order valence-electron chi connectivity index (χ2n) is 12.0. The molecular weight excluding hydrogens is 712 g/mol. The van der Waals surface area contributed by atoms with Crippen LogP contribution in [0.4, 0.5) is 23.4 Å². The summed E-state index contributed by atoms with van der Waals surface area (Å²) in [6.07, 6.45) is 7.09. The lowest BCUT2D eigenvalue weighted by atomic mass is 10.00. The van der Waals surface area contributed by atoms with Crippen LogP contribution >= 0.6 is 11.6 Å². The van der Waals surface area contributed by atoms with Gasteiger partial charge in [0.25, 0.3) is 0 Å². The first kappa shape index (κ1) is 36.2. The number of hydrogen-bond acceptors (Lipinski definition) is 10. The molecule has 2 fully saturated rings. The van der Waals surface area contributed by atoms with Crippen molar-refractivity contribution in [3.05, 3.63) is 124 Å². The van der Waals surface area contributed by atoms with Crippen LogP contribution in [0.2, 0.25) is 5.15 Å². The molecule has 12 nitrogen and oxygen atoms in total. The zero-order valence-electron chi connectivity index (χ0n) is 27.4. The van der Waals surface area contributed by atoms with Crippen molar-refractivity contribution in [3.63, 3.8) is 0 Å². The lowest BCUT2D eigenvalue weighted by Crippen LogP contribution is -2.25. The fourth-order valence-corrected chi connectivity index (χ4v) is 6.26. The van der Waals surface area contributed by atoms with Gasteiger partial charge in [0.05, 0.1) is 42.4 Å². The molecule has 0 aliphatic carbocycles. The molecule has 0 saturated carbocycles. The lowest BCUT2D eigenvalue weighted by molar-refractivity contribution is 0.541. The topological polar surface area (TPSA) is 171 Å². The third kappa shape index (κ3) is 7.85. The van der Waals surface area contributed by atoms with Crippen molar-refractivity contribution in [3.8, 4) is 24.3 Å². The molecular formula is C36H25ClF4N12. The van der Waals surface area contributed by atoms with Crippen LogP contribution in [0.25, 0.3) is 11.3 Å². The van der Waals surface area contributed by atoms with E-state index in [4.69, 9.17) is 27.4 Å². The van der Waals surface area contributed by atoms with Gasteiger partial charge in [-0.2, -0.15) is 31.2 Å². The fourth-order valence-electron chi connectivity index (χ4n) is 6.12. The quantitative estimate of drug-likeness (QED) is 0.159. The number of aromatic nitrogens is 6. The Hall–Kier alpha value is -6.59. The molecule has 0 amide bonds. The first-order valence-corrected chi connectivity index (χ1v) is 16.3. The van der Waals surface area contributed by atoms with Crippen molar-refractivity contribution in [1.29, 1.82) is 21.0 Å². The SMILES string of the molecule is N#C[C@@H]1CN[C@@H](c2cc(F)ccc2F)C1.N#Cc1cnn2ccc(Cl)nc12.N#Cc1cnn2ccc(N3C[C@@H](C#N)C[C@@H]3c3cc(F)ccc3F)nc12. The van der Waals surface area contributed by atoms with Gasteiger partial charge in [-0.05, 0) is 61.4 Å². The van der Waals surface area contributed by atoms with Crippen molar-refractivity contribution in [2.75, 3.05) is 18.0 Å². The Morgan fingerprint density at radius 2 is 1.30 bits per heavy atom. The number of nitrogens with one attached hydrogen (secondary N) is 1. The molecule has 4 aromatic heterocycles. The summed E-state index contributed by atoms with van der Waals surface area (Å²) in [7, 11) is 0. The van der Waals surface area contributed by atoms with E-state index in [1.54, 1.807) is 29.4 Å². The Morgan fingerprint density at radius 3 is 1.91 bits per heavy atom. The Morgan fingerprint density at radius 1 is 0.717 bits per heavy atom. The Labute approximate surface area is 304 Å². The zero-order valence-corrected chi connectivity index (χ0v) is 28.1. The molecule has 0 bridgehead atoms. The average molecular weight is 737 g/mol. The van der Waals surface area contributed by atoms with Crippen molar-refractivity contribution in [2.45, 2.75) is 24.9 Å². The first-order chi connectivity index (χ1) is 25.6. The Bertz CT molecular complexity index is 2470. The highest BCUT2D eigenvalue weighted by atomic mass is 35.5. The Balaban J connectivity index is 0.000000150. The van der Waals surface area contributed by atoms with Crippen molar-refractivity contribution in [2.24, 2.45) is 11.8 Å². The first-order valence-electron chi connectivity index (χ1n) is 16.0. The van der Waals surface area contributed by atoms with Gasteiger partial charge in [0.2, 0.25) is 0 Å². The second-order valence-corrected chi connectivity index (χ2v) is 12.4. The van der Waals surface area contributed by atoms with Gasteiger partial charge in [0, 0.05) is 42.7 Å². The van der Waals surface area contributed by atoms with Crippen LogP contribution in [-0.2, 0) is 0 Å². The van der Waals surface area contributed by atoms with Crippen LogP contribution in [0.5, 0.6) is 0 Å². The van der Waals surface area contributed by atoms with Gasteiger partial charge in [0.1, 0.15) is 57.5 Å². The number of rotatable bonds is 3. The van der Waals surface area contributed by atoms with Crippen LogP contribution < -0.4 is 10.2 Å². The van der Waals surface area contributed by atoms with E-state index in [0.717, 1.165) is 30.3 Å². The molecule has 2 aliphatic rings. The molecule has 4 atom stereocenters. The van der Waals surface area contributed by atoms with E-state index in [1.165, 1.54) is 27.5 Å². The molecule has 8 rings (SSSR count). The predicted octanol–water partition coefficient (Wildman–Crippen LogP) is 6.36. The minimum Gasteiger partial charge on any atom is -0.348 e. The largest absolute Gasteiger partial charge is 0.348 e. The third-order valence-electron chi connectivity index (χ3n) is 8.67. The van der Waals surface area contributed by atoms with Gasteiger partial charge in [-0.25, -0.2) is 36.6 Å². The second kappa shape index (κ2) is 15.7. The standard InChI is InChI=1S/C18H12F2N6.C11H10F2N2.C7H3ClN4/c19-13-1-2-15(20)14(6-13)16-5-11(7-21)10-25(16)17-3-4-26-18(24-17)12(8-22)9-23-26;12-8-1-2-10(13)9(4-8)11-3-7(5-14)6-15-11;8-6-1-2-12-7(11-6)5(3-9)4-10-12/h1-4,6,9,11,16H,5,10H2;1-2,4,7,11,15H,3,6H2;1-2,4H/t11-,16-;7-,11-;/m11./s1. The van der Waals surface area contributed by atoms with Gasteiger partial charge in [-0.1, -0.05) is 11.6 Å². The average Bonchev–Trinajstić information content (AvgIpc) is 3.99. The van der Waals surface area contributed by atoms with E-state index >= 15 is 0 Å². The van der Waals surface area contributed by atoms with Crippen molar-refractivity contribution in [1.82, 2.24) is 34.5 Å². The summed E-state index contributed by atoms with van der Waals surface area (Å²) in [5.74, 6) is -1.89. The van der Waals surface area contributed by atoms with E-state index in [0.29, 0.717) is 64.9 Å². The summed E-state index contributed by atoms with van der Waals surface area (Å²) >= 11 is 5.64. The van der Waals surface area contributed by atoms with E-state index in [2.05, 4.69) is 37.6 Å². The lowest BCUT2D eigenvalue weighted by Gasteiger charge is -2.26. The smallest absolute Gasteiger partial charge is 0.175 e. The van der Waals surface area contributed by atoms with Crippen molar-refractivity contribution >= 4 is 28.7 Å². The molecule has 2 aromatic carbocycles. The number of benzene rings is 2. The van der Waals surface area contributed by atoms with E-state index < -0.39 is 29.3 Å². The summed E-state index contributed by atoms with van der Waals surface area (Å²) in [5.41, 5.74) is 2.12. The van der Waals surface area contributed by atoms with Crippen LogP contribution in [0.1, 0.15) is 47.2 Å². The van der Waals surface area contributed by atoms with E-state index in [1.807, 2.05) is 12.1 Å². The van der Waals surface area contributed by atoms with Gasteiger partial charge in [-0.15, -0.1) is 0 Å². The van der Waals surface area contributed by atoms with Gasteiger partial charge < -0.3 is 10.2 Å². The monoisotopic (exact) mass is 736 g/mol. The molecule has 53 heavy (non-hydrogen) atoms. The maximum atomic E-state index is 14.3. The molecule has 2 saturated heterocycles. The number of hydrogen-bond donors (Lipinski definition) is 1. The maximum absolute atomic E-state index is 14.3. The minimum atomic E-state index is -0.535. The summed E-state index contributed by atoms with van der Waals surface area (Å²) < 4.78 is 57.2. The number of nitrogens with zero attached hydrogens (tertiary/aromatic N) is 11. The molecule has 0 radical (unpaired) electrons. The summed E-state index contributed by atoms with van der Waals surface area (Å²) in [6, 6.07) is 17.6. The predicted molar refractivity (Wildman–Crippen MR) is 181 cm³/mol. The summed E-state index contributed by atoms with van der Waals surface area (Å²) in [4.78, 5) is 10.2. The number of nitriles is 4. The van der Waals surface area contributed by atoms with Crippen LogP contribution in [0.15, 0.2) is 73.3 Å². The number of fused-ring (bicyclic) bond motifs is 2. The van der Waals surface area contributed by atoms with Gasteiger partial charge in [-0.3, -0.25) is 0 Å². The highest BCUT2D eigenvalue weighted by molar-refractivity contribution is 6.29. The minimum absolute atomic E-state index is 0.113. The molecule has 0 spiro atoms. The summed E-state index contributed by atoms with van der Waals surface area (Å²) in [5, 5.41) is 47.1. The summed E-state index contributed by atoms with van der Waals surface area (Å²) in [6.45, 7) is 0.882. The van der Waals surface area contributed by atoms with Crippen LogP contribution in [-0.4, -0.2) is 42.3 Å². The van der Waals surface area contributed by atoms with Crippen LogP contribution in [0, 0.1) is 80.4 Å². The molecule has 17 heteroatoms. The van der Waals surface area contributed by atoms with E-state index in [9.17, 15) is 22.8 Å².